The highest BCUT2D eigenvalue weighted by Gasteiger charge is 2.14. The summed E-state index contributed by atoms with van der Waals surface area (Å²) in [5, 5.41) is 3.85. The molecule has 0 bridgehead atoms. The van der Waals surface area contributed by atoms with Gasteiger partial charge in [-0.25, -0.2) is 4.98 Å². The molecule has 1 aliphatic rings. The molecule has 1 fully saturated rings. The van der Waals surface area contributed by atoms with Gasteiger partial charge >= 0.3 is 0 Å². The predicted molar refractivity (Wildman–Crippen MR) is 124 cm³/mol. The Bertz CT molecular complexity index is 1010. The van der Waals surface area contributed by atoms with Crippen molar-refractivity contribution in [3.05, 3.63) is 54.6 Å². The highest BCUT2D eigenvalue weighted by Crippen LogP contribution is 2.27. The Morgan fingerprint density at radius 1 is 0.968 bits per heavy atom. The van der Waals surface area contributed by atoms with E-state index < -0.39 is 0 Å². The molecule has 0 saturated carbocycles. The first-order valence-corrected chi connectivity index (χ1v) is 11.0. The molecule has 1 saturated heterocycles. The number of aromatic nitrogens is 1. The van der Waals surface area contributed by atoms with E-state index in [4.69, 9.17) is 14.5 Å². The first kappa shape index (κ1) is 21.0. The van der Waals surface area contributed by atoms with Crippen molar-refractivity contribution in [1.29, 1.82) is 0 Å². The fourth-order valence-electron chi connectivity index (χ4n) is 3.84. The summed E-state index contributed by atoms with van der Waals surface area (Å²) in [5.41, 5.74) is 1.50. The first-order chi connectivity index (χ1) is 15.2. The highest BCUT2D eigenvalue weighted by atomic mass is 16.5. The van der Waals surface area contributed by atoms with Gasteiger partial charge in [-0.1, -0.05) is 25.0 Å². The molecule has 162 valence electrons. The van der Waals surface area contributed by atoms with Gasteiger partial charge in [-0.3, -0.25) is 4.79 Å². The zero-order valence-electron chi connectivity index (χ0n) is 18.0. The van der Waals surface area contributed by atoms with Gasteiger partial charge in [0.25, 0.3) is 5.91 Å². The van der Waals surface area contributed by atoms with Gasteiger partial charge in [0.15, 0.2) is 6.61 Å². The molecule has 0 spiro atoms. The maximum Gasteiger partial charge on any atom is 0.262 e. The Balaban J connectivity index is 1.43. The number of anilines is 2. The van der Waals surface area contributed by atoms with Crippen LogP contribution in [0.15, 0.2) is 54.6 Å². The van der Waals surface area contributed by atoms with Crippen molar-refractivity contribution in [2.24, 2.45) is 0 Å². The SMILES string of the molecule is CCOc1ccc(NC(=O)COc2cccc3ccc(N4CCCCCC4)nc23)cc1. The Morgan fingerprint density at radius 2 is 1.74 bits per heavy atom. The maximum atomic E-state index is 12.4. The molecule has 1 N–H and O–H groups in total. The van der Waals surface area contributed by atoms with Gasteiger partial charge in [-0.05, 0) is 62.2 Å². The summed E-state index contributed by atoms with van der Waals surface area (Å²) in [6.45, 7) is 4.53. The Morgan fingerprint density at radius 3 is 2.48 bits per heavy atom. The number of carbonyl (C=O) groups is 1. The topological polar surface area (TPSA) is 63.7 Å². The van der Waals surface area contributed by atoms with Crippen LogP contribution in [0, 0.1) is 0 Å². The van der Waals surface area contributed by atoms with Crippen LogP contribution in [-0.4, -0.2) is 37.2 Å². The third-order valence-corrected chi connectivity index (χ3v) is 5.41. The minimum Gasteiger partial charge on any atom is -0.494 e. The fourth-order valence-corrected chi connectivity index (χ4v) is 3.84. The molecule has 2 heterocycles. The van der Waals surface area contributed by atoms with Crippen LogP contribution in [0.4, 0.5) is 11.5 Å². The summed E-state index contributed by atoms with van der Waals surface area (Å²) in [7, 11) is 0. The molecule has 1 amide bonds. The van der Waals surface area contributed by atoms with E-state index in [-0.39, 0.29) is 12.5 Å². The molecule has 0 radical (unpaired) electrons. The molecule has 3 aromatic rings. The zero-order chi connectivity index (χ0) is 21.5. The lowest BCUT2D eigenvalue weighted by molar-refractivity contribution is -0.118. The van der Waals surface area contributed by atoms with E-state index in [1.165, 1.54) is 25.7 Å². The van der Waals surface area contributed by atoms with Crippen LogP contribution in [0.2, 0.25) is 0 Å². The minimum atomic E-state index is -0.218. The van der Waals surface area contributed by atoms with Crippen molar-refractivity contribution in [3.8, 4) is 11.5 Å². The van der Waals surface area contributed by atoms with E-state index in [1.54, 1.807) is 0 Å². The number of hydrogen-bond acceptors (Lipinski definition) is 5. The van der Waals surface area contributed by atoms with Crippen LogP contribution < -0.4 is 19.7 Å². The van der Waals surface area contributed by atoms with Crippen LogP contribution in [0.25, 0.3) is 10.9 Å². The molecular weight excluding hydrogens is 390 g/mol. The lowest BCUT2D eigenvalue weighted by Crippen LogP contribution is -2.24. The highest BCUT2D eigenvalue weighted by molar-refractivity contribution is 5.92. The van der Waals surface area contributed by atoms with E-state index in [0.29, 0.717) is 18.0 Å². The predicted octanol–water partition coefficient (Wildman–Crippen LogP) is 5.03. The summed E-state index contributed by atoms with van der Waals surface area (Å²) in [6, 6.07) is 17.3. The summed E-state index contributed by atoms with van der Waals surface area (Å²) in [4.78, 5) is 19.6. The number of para-hydroxylation sites is 1. The Kier molecular flexibility index (Phi) is 6.87. The van der Waals surface area contributed by atoms with Crippen LogP contribution in [0.1, 0.15) is 32.6 Å². The summed E-state index contributed by atoms with van der Waals surface area (Å²) >= 11 is 0. The lowest BCUT2D eigenvalue weighted by atomic mass is 10.2. The summed E-state index contributed by atoms with van der Waals surface area (Å²) in [5.74, 6) is 2.16. The van der Waals surface area contributed by atoms with Crippen molar-refractivity contribution >= 4 is 28.3 Å². The molecule has 2 aromatic carbocycles. The quantitative estimate of drug-likeness (QED) is 0.582. The normalized spacial score (nSPS) is 14.2. The smallest absolute Gasteiger partial charge is 0.262 e. The number of nitrogens with one attached hydrogen (secondary N) is 1. The molecule has 6 nitrogen and oxygen atoms in total. The van der Waals surface area contributed by atoms with Crippen LogP contribution in [0.5, 0.6) is 11.5 Å². The Labute approximate surface area is 183 Å². The van der Waals surface area contributed by atoms with Crippen molar-refractivity contribution in [3.63, 3.8) is 0 Å². The number of hydrogen-bond donors (Lipinski definition) is 1. The van der Waals surface area contributed by atoms with Crippen LogP contribution >= 0.6 is 0 Å². The molecule has 0 unspecified atom stereocenters. The molecule has 6 heteroatoms. The number of carbonyl (C=O) groups excluding carboxylic acids is 1. The van der Waals surface area contributed by atoms with Crippen molar-refractivity contribution < 1.29 is 14.3 Å². The number of rotatable bonds is 7. The summed E-state index contributed by atoms with van der Waals surface area (Å²) < 4.78 is 11.3. The minimum absolute atomic E-state index is 0.0814. The number of ether oxygens (including phenoxy) is 2. The van der Waals surface area contributed by atoms with Crippen molar-refractivity contribution in [1.82, 2.24) is 4.98 Å². The van der Waals surface area contributed by atoms with Crippen molar-refractivity contribution in [2.45, 2.75) is 32.6 Å². The molecule has 0 aliphatic carbocycles. The van der Waals surface area contributed by atoms with Gasteiger partial charge in [-0.15, -0.1) is 0 Å². The van der Waals surface area contributed by atoms with Gasteiger partial charge in [-0.2, -0.15) is 0 Å². The maximum absolute atomic E-state index is 12.4. The number of amides is 1. The van der Waals surface area contributed by atoms with Gasteiger partial charge in [0.2, 0.25) is 0 Å². The Hall–Kier alpha value is -3.28. The second-order valence-electron chi connectivity index (χ2n) is 7.69. The molecule has 0 atom stereocenters. The molecule has 4 rings (SSSR count). The van der Waals surface area contributed by atoms with Gasteiger partial charge in [0, 0.05) is 24.2 Å². The van der Waals surface area contributed by atoms with E-state index >= 15 is 0 Å². The molecular formula is C25H29N3O3. The second-order valence-corrected chi connectivity index (χ2v) is 7.69. The second kappa shape index (κ2) is 10.2. The lowest BCUT2D eigenvalue weighted by Gasteiger charge is -2.22. The zero-order valence-corrected chi connectivity index (χ0v) is 18.0. The monoisotopic (exact) mass is 419 g/mol. The van der Waals surface area contributed by atoms with Gasteiger partial charge in [0.1, 0.15) is 22.8 Å². The summed E-state index contributed by atoms with van der Waals surface area (Å²) in [6.07, 6.45) is 4.96. The van der Waals surface area contributed by atoms with Crippen molar-refractivity contribution in [2.75, 3.05) is 36.5 Å². The number of pyridine rings is 1. The van der Waals surface area contributed by atoms with Gasteiger partial charge in [0.05, 0.1) is 6.61 Å². The third-order valence-electron chi connectivity index (χ3n) is 5.41. The molecule has 1 aromatic heterocycles. The third kappa shape index (κ3) is 5.45. The average Bonchev–Trinajstić information content (AvgIpc) is 3.08. The van der Waals surface area contributed by atoms with Crippen LogP contribution in [-0.2, 0) is 4.79 Å². The first-order valence-electron chi connectivity index (χ1n) is 11.0. The standard InChI is InChI=1S/C25H29N3O3/c1-2-30-21-13-11-20(12-14-21)26-24(29)18-31-22-9-7-8-19-10-15-23(27-25(19)22)28-16-5-3-4-6-17-28/h7-15H,2-6,16-18H2,1H3,(H,26,29). The van der Waals surface area contributed by atoms with Crippen LogP contribution in [0.3, 0.4) is 0 Å². The number of nitrogens with zero attached hydrogens (tertiary/aromatic N) is 2. The van der Waals surface area contributed by atoms with Gasteiger partial charge < -0.3 is 19.7 Å². The van der Waals surface area contributed by atoms with E-state index in [9.17, 15) is 4.79 Å². The fraction of sp³-hybridized carbons (Fsp3) is 0.360. The molecule has 31 heavy (non-hydrogen) atoms. The molecule has 1 aliphatic heterocycles. The largest absolute Gasteiger partial charge is 0.494 e. The number of benzene rings is 2. The van der Waals surface area contributed by atoms with E-state index in [2.05, 4.69) is 22.3 Å². The number of fused-ring (bicyclic) bond motifs is 1. The van der Waals surface area contributed by atoms with E-state index in [0.717, 1.165) is 35.6 Å². The van der Waals surface area contributed by atoms with E-state index in [1.807, 2.05) is 49.4 Å². The average molecular weight is 420 g/mol.